The quantitative estimate of drug-likeness (QED) is 0.912. The van der Waals surface area contributed by atoms with Crippen LogP contribution >= 0.6 is 0 Å². The number of rotatable bonds is 3. The fourth-order valence-electron chi connectivity index (χ4n) is 4.31. The number of benzene rings is 1. The number of nitrogens with zero attached hydrogens (tertiary/aromatic N) is 1. The molecule has 0 spiro atoms. The molecule has 1 aromatic carbocycles. The van der Waals surface area contributed by atoms with Crippen LogP contribution in [0.4, 0.5) is 0 Å². The largest absolute Gasteiger partial charge is 0.326 e. The Hall–Kier alpha value is -0.860. The van der Waals surface area contributed by atoms with E-state index in [2.05, 4.69) is 42.2 Å². The van der Waals surface area contributed by atoms with Crippen molar-refractivity contribution in [1.29, 1.82) is 0 Å². The van der Waals surface area contributed by atoms with Crippen molar-refractivity contribution >= 4 is 0 Å². The first-order valence-electron chi connectivity index (χ1n) is 8.36. The van der Waals surface area contributed by atoms with Crippen molar-refractivity contribution in [2.24, 2.45) is 5.73 Å². The van der Waals surface area contributed by atoms with Gasteiger partial charge in [-0.05, 0) is 56.6 Å². The third-order valence-corrected chi connectivity index (χ3v) is 5.46. The molecule has 1 aromatic rings. The average Bonchev–Trinajstić information content (AvgIpc) is 2.97. The Bertz CT molecular complexity index is 417. The summed E-state index contributed by atoms with van der Waals surface area (Å²) in [6.45, 7) is 3.59. The molecule has 1 saturated heterocycles. The summed E-state index contributed by atoms with van der Waals surface area (Å²) in [6, 6.07) is 12.8. The Balaban J connectivity index is 1.73. The number of hydrogen-bond donors (Lipinski definition) is 1. The molecule has 2 nitrogen and oxygen atoms in total. The van der Waals surface area contributed by atoms with Crippen LogP contribution in [0.2, 0.25) is 0 Å². The molecule has 1 aliphatic heterocycles. The standard InChI is InChI=1S/C18H28N2/c1-2-16-9-6-12-20(16)18-13-15(10-11-17(18)19)14-7-4-3-5-8-14/h3-5,7-8,15-18H,2,6,9-13,19H2,1H3. The van der Waals surface area contributed by atoms with Crippen LogP contribution in [0, 0.1) is 0 Å². The van der Waals surface area contributed by atoms with Gasteiger partial charge in [-0.15, -0.1) is 0 Å². The molecular weight excluding hydrogens is 244 g/mol. The Morgan fingerprint density at radius 2 is 1.95 bits per heavy atom. The molecule has 1 saturated carbocycles. The topological polar surface area (TPSA) is 29.3 Å². The van der Waals surface area contributed by atoms with E-state index in [1.54, 1.807) is 0 Å². The molecule has 3 rings (SSSR count). The summed E-state index contributed by atoms with van der Waals surface area (Å²) >= 11 is 0. The number of likely N-dealkylation sites (tertiary alicyclic amines) is 1. The van der Waals surface area contributed by atoms with Crippen LogP contribution in [0.1, 0.15) is 56.9 Å². The zero-order chi connectivity index (χ0) is 13.9. The van der Waals surface area contributed by atoms with Gasteiger partial charge in [-0.25, -0.2) is 0 Å². The molecule has 4 atom stereocenters. The Morgan fingerprint density at radius 3 is 2.70 bits per heavy atom. The first-order valence-corrected chi connectivity index (χ1v) is 8.36. The molecule has 4 unspecified atom stereocenters. The lowest BCUT2D eigenvalue weighted by Crippen LogP contribution is -2.52. The molecule has 0 radical (unpaired) electrons. The van der Waals surface area contributed by atoms with Crippen molar-refractivity contribution in [2.75, 3.05) is 6.54 Å². The van der Waals surface area contributed by atoms with Gasteiger partial charge >= 0.3 is 0 Å². The molecule has 0 bridgehead atoms. The highest BCUT2D eigenvalue weighted by atomic mass is 15.2. The van der Waals surface area contributed by atoms with Crippen LogP contribution < -0.4 is 5.73 Å². The van der Waals surface area contributed by atoms with Gasteiger partial charge < -0.3 is 5.73 Å². The lowest BCUT2D eigenvalue weighted by atomic mass is 9.78. The van der Waals surface area contributed by atoms with E-state index in [0.29, 0.717) is 18.0 Å². The Morgan fingerprint density at radius 1 is 1.15 bits per heavy atom. The average molecular weight is 272 g/mol. The highest BCUT2D eigenvalue weighted by Gasteiger charge is 2.37. The van der Waals surface area contributed by atoms with E-state index < -0.39 is 0 Å². The van der Waals surface area contributed by atoms with Gasteiger partial charge in [-0.2, -0.15) is 0 Å². The maximum atomic E-state index is 6.47. The summed E-state index contributed by atoms with van der Waals surface area (Å²) in [4.78, 5) is 2.74. The molecule has 0 aromatic heterocycles. The van der Waals surface area contributed by atoms with Crippen LogP contribution in [0.5, 0.6) is 0 Å². The first kappa shape index (κ1) is 14.1. The monoisotopic (exact) mass is 272 g/mol. The molecule has 2 fully saturated rings. The minimum Gasteiger partial charge on any atom is -0.326 e. The summed E-state index contributed by atoms with van der Waals surface area (Å²) in [5.74, 6) is 0.708. The van der Waals surface area contributed by atoms with E-state index in [9.17, 15) is 0 Å². The van der Waals surface area contributed by atoms with E-state index in [1.807, 2.05) is 0 Å². The van der Waals surface area contributed by atoms with E-state index in [1.165, 1.54) is 50.6 Å². The van der Waals surface area contributed by atoms with Gasteiger partial charge in [0, 0.05) is 18.1 Å². The zero-order valence-electron chi connectivity index (χ0n) is 12.7. The molecule has 2 aliphatic rings. The van der Waals surface area contributed by atoms with Crippen LogP contribution in [0.15, 0.2) is 30.3 Å². The normalized spacial score (nSPS) is 35.3. The van der Waals surface area contributed by atoms with Crippen molar-refractivity contribution in [1.82, 2.24) is 4.90 Å². The van der Waals surface area contributed by atoms with Gasteiger partial charge in [0.15, 0.2) is 0 Å². The number of nitrogens with two attached hydrogens (primary N) is 1. The van der Waals surface area contributed by atoms with Crippen LogP contribution in [-0.4, -0.2) is 29.6 Å². The van der Waals surface area contributed by atoms with Crippen molar-refractivity contribution in [3.63, 3.8) is 0 Å². The van der Waals surface area contributed by atoms with E-state index >= 15 is 0 Å². The second-order valence-corrected chi connectivity index (χ2v) is 6.59. The Labute approximate surface area is 123 Å². The third kappa shape index (κ3) is 2.77. The van der Waals surface area contributed by atoms with Gasteiger partial charge in [0.25, 0.3) is 0 Å². The van der Waals surface area contributed by atoms with Gasteiger partial charge in [0.1, 0.15) is 0 Å². The van der Waals surface area contributed by atoms with Crippen molar-refractivity contribution < 1.29 is 0 Å². The molecule has 20 heavy (non-hydrogen) atoms. The predicted octanol–water partition coefficient (Wildman–Crippen LogP) is 3.52. The number of hydrogen-bond acceptors (Lipinski definition) is 2. The highest BCUT2D eigenvalue weighted by molar-refractivity contribution is 5.21. The molecular formula is C18H28N2. The van der Waals surface area contributed by atoms with Gasteiger partial charge in [-0.3, -0.25) is 4.90 Å². The minimum absolute atomic E-state index is 0.377. The van der Waals surface area contributed by atoms with Gasteiger partial charge in [0.2, 0.25) is 0 Å². The summed E-state index contributed by atoms with van der Waals surface area (Å²) in [7, 11) is 0. The smallest absolute Gasteiger partial charge is 0.0255 e. The molecule has 1 aliphatic carbocycles. The lowest BCUT2D eigenvalue weighted by Gasteiger charge is -2.42. The van der Waals surface area contributed by atoms with Crippen molar-refractivity contribution in [3.8, 4) is 0 Å². The minimum atomic E-state index is 0.377. The first-order chi connectivity index (χ1) is 9.79. The molecule has 110 valence electrons. The van der Waals surface area contributed by atoms with Crippen molar-refractivity contribution in [3.05, 3.63) is 35.9 Å². The zero-order valence-corrected chi connectivity index (χ0v) is 12.7. The summed E-state index contributed by atoms with van der Waals surface area (Å²) in [5.41, 5.74) is 7.99. The highest BCUT2D eigenvalue weighted by Crippen LogP contribution is 2.37. The second kappa shape index (κ2) is 6.28. The summed E-state index contributed by atoms with van der Waals surface area (Å²) < 4.78 is 0. The van der Waals surface area contributed by atoms with Crippen LogP contribution in [0.25, 0.3) is 0 Å². The summed E-state index contributed by atoms with van der Waals surface area (Å²) in [5, 5.41) is 0. The van der Waals surface area contributed by atoms with Crippen molar-refractivity contribution in [2.45, 2.75) is 69.5 Å². The summed E-state index contributed by atoms with van der Waals surface area (Å²) in [6.07, 6.45) is 7.69. The molecule has 0 amide bonds. The van der Waals surface area contributed by atoms with E-state index in [0.717, 1.165) is 6.04 Å². The molecule has 2 N–H and O–H groups in total. The fraction of sp³-hybridized carbons (Fsp3) is 0.667. The van der Waals surface area contributed by atoms with E-state index in [4.69, 9.17) is 5.73 Å². The SMILES string of the molecule is CCC1CCCN1C1CC(c2ccccc2)CCC1N. The second-order valence-electron chi connectivity index (χ2n) is 6.59. The fourth-order valence-corrected chi connectivity index (χ4v) is 4.31. The van der Waals surface area contributed by atoms with Crippen LogP contribution in [0.3, 0.4) is 0 Å². The van der Waals surface area contributed by atoms with Gasteiger partial charge in [-0.1, -0.05) is 37.3 Å². The lowest BCUT2D eigenvalue weighted by molar-refractivity contribution is 0.113. The maximum absolute atomic E-state index is 6.47. The Kier molecular flexibility index (Phi) is 4.42. The maximum Gasteiger partial charge on any atom is 0.0255 e. The molecule has 2 heteroatoms. The van der Waals surface area contributed by atoms with Crippen LogP contribution in [-0.2, 0) is 0 Å². The van der Waals surface area contributed by atoms with E-state index in [-0.39, 0.29) is 0 Å². The third-order valence-electron chi connectivity index (χ3n) is 5.46. The predicted molar refractivity (Wildman–Crippen MR) is 84.8 cm³/mol. The van der Waals surface area contributed by atoms with Gasteiger partial charge in [0.05, 0.1) is 0 Å². The molecule has 1 heterocycles.